The van der Waals surface area contributed by atoms with Crippen LogP contribution in [0.3, 0.4) is 0 Å². The Hall–Kier alpha value is -1.48. The molecule has 1 aromatic rings. The van der Waals surface area contributed by atoms with E-state index in [4.69, 9.17) is 0 Å². The van der Waals surface area contributed by atoms with Gasteiger partial charge in [-0.05, 0) is 12.1 Å². The van der Waals surface area contributed by atoms with E-state index in [2.05, 4.69) is 15.5 Å². The van der Waals surface area contributed by atoms with Crippen LogP contribution in [0.15, 0.2) is 35.2 Å². The first-order chi connectivity index (χ1) is 11.0. The van der Waals surface area contributed by atoms with Crippen LogP contribution < -0.4 is 10.6 Å². The fourth-order valence-corrected chi connectivity index (χ4v) is 3.55. The largest absolute Gasteiger partial charge is 0.354 e. The van der Waals surface area contributed by atoms with E-state index in [9.17, 15) is 13.2 Å². The number of carbonyl (C=O) groups excluding carboxylic acids is 1. The van der Waals surface area contributed by atoms with E-state index in [1.807, 2.05) is 0 Å². The highest BCUT2D eigenvalue weighted by molar-refractivity contribution is 7.89. The number of carbonyl (C=O) groups is 1. The van der Waals surface area contributed by atoms with Crippen molar-refractivity contribution in [1.82, 2.24) is 19.8 Å². The monoisotopic (exact) mass is 340 g/mol. The molecule has 0 aliphatic carbocycles. The van der Waals surface area contributed by atoms with Gasteiger partial charge in [-0.3, -0.25) is 9.69 Å². The van der Waals surface area contributed by atoms with Crippen molar-refractivity contribution in [3.05, 3.63) is 30.3 Å². The van der Waals surface area contributed by atoms with Gasteiger partial charge in [0.25, 0.3) is 0 Å². The summed E-state index contributed by atoms with van der Waals surface area (Å²) in [6.07, 6.45) is 0. The van der Waals surface area contributed by atoms with Gasteiger partial charge in [-0.1, -0.05) is 18.2 Å². The molecule has 1 heterocycles. The highest BCUT2D eigenvalue weighted by Gasteiger charge is 2.22. The van der Waals surface area contributed by atoms with Crippen molar-refractivity contribution in [1.29, 1.82) is 0 Å². The highest BCUT2D eigenvalue weighted by Crippen LogP contribution is 2.12. The van der Waals surface area contributed by atoms with Crippen LogP contribution in [0.2, 0.25) is 0 Å². The molecule has 0 spiro atoms. The molecule has 1 aliphatic heterocycles. The fourth-order valence-electron chi connectivity index (χ4n) is 2.40. The molecular weight excluding hydrogens is 316 g/mol. The maximum Gasteiger partial charge on any atom is 0.243 e. The second-order valence-corrected chi connectivity index (χ2v) is 7.56. The minimum Gasteiger partial charge on any atom is -0.354 e. The number of hydrogen-bond acceptors (Lipinski definition) is 5. The number of benzene rings is 1. The maximum atomic E-state index is 12.3. The SMILES string of the molecule is CN(CC(=O)NCCN1CCNCC1)S(=O)(=O)c1ccccc1. The Kier molecular flexibility index (Phi) is 6.52. The lowest BCUT2D eigenvalue weighted by molar-refractivity contribution is -0.121. The van der Waals surface area contributed by atoms with Gasteiger partial charge in [-0.2, -0.15) is 4.31 Å². The summed E-state index contributed by atoms with van der Waals surface area (Å²) in [5.74, 6) is -0.290. The molecule has 0 atom stereocenters. The minimum atomic E-state index is -3.63. The Morgan fingerprint density at radius 3 is 2.57 bits per heavy atom. The Morgan fingerprint density at radius 2 is 1.91 bits per heavy atom. The van der Waals surface area contributed by atoms with Gasteiger partial charge in [-0.25, -0.2) is 8.42 Å². The molecular formula is C15H24N4O3S. The lowest BCUT2D eigenvalue weighted by atomic mass is 10.3. The fraction of sp³-hybridized carbons (Fsp3) is 0.533. The van der Waals surface area contributed by atoms with E-state index >= 15 is 0 Å². The Balaban J connectivity index is 1.78. The van der Waals surface area contributed by atoms with Crippen LogP contribution in [0.1, 0.15) is 0 Å². The summed E-state index contributed by atoms with van der Waals surface area (Å²) in [6, 6.07) is 8.12. The Morgan fingerprint density at radius 1 is 1.26 bits per heavy atom. The van der Waals surface area contributed by atoms with Gasteiger partial charge >= 0.3 is 0 Å². The predicted octanol–water partition coefficient (Wildman–Crippen LogP) is -0.671. The number of piperazine rings is 1. The summed E-state index contributed by atoms with van der Waals surface area (Å²) >= 11 is 0. The lowest BCUT2D eigenvalue weighted by Crippen LogP contribution is -2.47. The molecule has 2 N–H and O–H groups in total. The maximum absolute atomic E-state index is 12.3. The molecule has 1 aromatic carbocycles. The molecule has 0 aromatic heterocycles. The van der Waals surface area contributed by atoms with E-state index in [1.165, 1.54) is 19.2 Å². The molecule has 8 heteroatoms. The standard InChI is InChI=1S/C15H24N4O3S/c1-18(23(21,22)14-5-3-2-4-6-14)13-15(20)17-9-12-19-10-7-16-8-11-19/h2-6,16H,7-13H2,1H3,(H,17,20). The molecule has 1 fully saturated rings. The molecule has 2 rings (SSSR count). The van der Waals surface area contributed by atoms with Gasteiger partial charge in [0.2, 0.25) is 15.9 Å². The summed E-state index contributed by atoms with van der Waals surface area (Å²) < 4.78 is 25.7. The van der Waals surface area contributed by atoms with Crippen LogP contribution >= 0.6 is 0 Å². The van der Waals surface area contributed by atoms with Crippen LogP contribution in [0.25, 0.3) is 0 Å². The molecule has 0 unspecified atom stereocenters. The third-order valence-electron chi connectivity index (χ3n) is 3.78. The first-order valence-electron chi connectivity index (χ1n) is 7.71. The van der Waals surface area contributed by atoms with Gasteiger partial charge in [-0.15, -0.1) is 0 Å². The van der Waals surface area contributed by atoms with Crippen molar-refractivity contribution in [2.45, 2.75) is 4.90 Å². The van der Waals surface area contributed by atoms with Crippen LogP contribution in [0, 0.1) is 0 Å². The summed E-state index contributed by atoms with van der Waals surface area (Å²) in [7, 11) is -2.21. The number of nitrogens with zero attached hydrogens (tertiary/aromatic N) is 2. The van der Waals surface area contributed by atoms with E-state index in [1.54, 1.807) is 18.2 Å². The van der Waals surface area contributed by atoms with Crippen molar-refractivity contribution < 1.29 is 13.2 Å². The Bertz CT molecular complexity index is 600. The first kappa shape index (κ1) is 17.9. The van der Waals surface area contributed by atoms with Gasteiger partial charge in [0.1, 0.15) is 0 Å². The van der Waals surface area contributed by atoms with Gasteiger partial charge < -0.3 is 10.6 Å². The number of hydrogen-bond donors (Lipinski definition) is 2. The molecule has 0 saturated carbocycles. The van der Waals surface area contributed by atoms with Gasteiger partial charge in [0.05, 0.1) is 11.4 Å². The molecule has 128 valence electrons. The molecule has 1 amide bonds. The summed E-state index contributed by atoms with van der Waals surface area (Å²) in [6.45, 7) is 4.99. The van der Waals surface area contributed by atoms with E-state index in [-0.39, 0.29) is 17.3 Å². The second kappa shape index (κ2) is 8.39. The van der Waals surface area contributed by atoms with E-state index in [0.717, 1.165) is 37.0 Å². The predicted molar refractivity (Wildman–Crippen MR) is 88.6 cm³/mol. The molecule has 23 heavy (non-hydrogen) atoms. The molecule has 7 nitrogen and oxygen atoms in total. The third kappa shape index (κ3) is 5.28. The number of rotatable bonds is 7. The van der Waals surface area contributed by atoms with Gasteiger partial charge in [0, 0.05) is 46.3 Å². The van der Waals surface area contributed by atoms with Crippen molar-refractivity contribution in [3.8, 4) is 0 Å². The smallest absolute Gasteiger partial charge is 0.243 e. The van der Waals surface area contributed by atoms with Crippen LogP contribution in [0.5, 0.6) is 0 Å². The topological polar surface area (TPSA) is 81.8 Å². The third-order valence-corrected chi connectivity index (χ3v) is 5.60. The number of nitrogens with one attached hydrogen (secondary N) is 2. The van der Waals surface area contributed by atoms with E-state index in [0.29, 0.717) is 6.54 Å². The van der Waals surface area contributed by atoms with Crippen LogP contribution in [-0.4, -0.2) is 76.4 Å². The molecule has 1 aliphatic rings. The minimum absolute atomic E-state index is 0.182. The lowest BCUT2D eigenvalue weighted by Gasteiger charge is -2.27. The van der Waals surface area contributed by atoms with Crippen LogP contribution in [-0.2, 0) is 14.8 Å². The van der Waals surface area contributed by atoms with Crippen molar-refractivity contribution >= 4 is 15.9 Å². The van der Waals surface area contributed by atoms with Crippen molar-refractivity contribution in [3.63, 3.8) is 0 Å². The summed E-state index contributed by atoms with van der Waals surface area (Å²) in [4.78, 5) is 14.4. The summed E-state index contributed by atoms with van der Waals surface area (Å²) in [5.41, 5.74) is 0. The normalized spacial score (nSPS) is 16.4. The number of amides is 1. The van der Waals surface area contributed by atoms with Crippen molar-refractivity contribution in [2.24, 2.45) is 0 Å². The van der Waals surface area contributed by atoms with E-state index < -0.39 is 10.0 Å². The zero-order valence-electron chi connectivity index (χ0n) is 13.4. The average Bonchev–Trinajstić information content (AvgIpc) is 2.56. The van der Waals surface area contributed by atoms with Crippen LogP contribution in [0.4, 0.5) is 0 Å². The summed E-state index contributed by atoms with van der Waals surface area (Å²) in [5, 5.41) is 6.05. The van der Waals surface area contributed by atoms with Crippen molar-refractivity contribution in [2.75, 3.05) is 52.9 Å². The Labute approximate surface area is 137 Å². The second-order valence-electron chi connectivity index (χ2n) is 5.52. The highest BCUT2D eigenvalue weighted by atomic mass is 32.2. The molecule has 0 bridgehead atoms. The number of sulfonamides is 1. The zero-order chi connectivity index (χ0) is 16.7. The molecule has 1 saturated heterocycles. The molecule has 0 radical (unpaired) electrons. The van der Waals surface area contributed by atoms with Gasteiger partial charge in [0.15, 0.2) is 0 Å². The average molecular weight is 340 g/mol. The first-order valence-corrected chi connectivity index (χ1v) is 9.15. The zero-order valence-corrected chi connectivity index (χ0v) is 14.2. The quantitative estimate of drug-likeness (QED) is 0.688. The number of likely N-dealkylation sites (N-methyl/N-ethyl adjacent to an activating group) is 1.